The molecule has 0 aliphatic heterocycles. The Balaban J connectivity index is 2.03. The number of aromatic nitrogens is 5. The molecule has 0 saturated carbocycles. The fraction of sp³-hybridized carbons (Fsp3) is 0.316. The average molecular weight is 436 g/mol. The predicted octanol–water partition coefficient (Wildman–Crippen LogP) is 2.11. The van der Waals surface area contributed by atoms with Crippen LogP contribution < -0.4 is 11.2 Å². The van der Waals surface area contributed by atoms with E-state index in [9.17, 15) is 14.7 Å². The van der Waals surface area contributed by atoms with Gasteiger partial charge in [-0.3, -0.25) is 18.3 Å². The molecule has 10 heteroatoms. The van der Waals surface area contributed by atoms with Crippen molar-refractivity contribution in [1.82, 2.24) is 23.1 Å². The number of rotatable bonds is 4. The zero-order valence-corrected chi connectivity index (χ0v) is 17.6. The first-order valence-electron chi connectivity index (χ1n) is 8.98. The topological polar surface area (TPSA) is 86.5 Å². The molecule has 29 heavy (non-hydrogen) atoms. The van der Waals surface area contributed by atoms with E-state index in [1.165, 1.54) is 4.57 Å². The number of nitrogens with zero attached hydrogens (tertiary/aromatic N) is 5. The van der Waals surface area contributed by atoms with E-state index in [2.05, 4.69) is 4.98 Å². The molecule has 1 N–H and O–H groups in total. The molecule has 0 bridgehead atoms. The van der Waals surface area contributed by atoms with Crippen molar-refractivity contribution in [2.75, 3.05) is 6.61 Å². The maximum absolute atomic E-state index is 13.3. The Morgan fingerprint density at radius 1 is 1.07 bits per heavy atom. The summed E-state index contributed by atoms with van der Waals surface area (Å²) in [5.74, 6) is 0.517. The van der Waals surface area contributed by atoms with Crippen LogP contribution in [-0.2, 0) is 20.1 Å². The van der Waals surface area contributed by atoms with Crippen molar-refractivity contribution in [2.45, 2.75) is 26.9 Å². The Hall–Kier alpha value is -2.55. The van der Waals surface area contributed by atoms with Crippen LogP contribution in [0.2, 0.25) is 10.0 Å². The lowest BCUT2D eigenvalue weighted by molar-refractivity contribution is 0.276. The molecule has 0 spiro atoms. The first-order chi connectivity index (χ1) is 13.8. The van der Waals surface area contributed by atoms with Gasteiger partial charge in [-0.25, -0.2) is 4.79 Å². The zero-order chi connectivity index (χ0) is 21.0. The van der Waals surface area contributed by atoms with Crippen molar-refractivity contribution in [3.63, 3.8) is 0 Å². The van der Waals surface area contributed by atoms with Gasteiger partial charge < -0.3 is 9.67 Å². The first kappa shape index (κ1) is 19.8. The van der Waals surface area contributed by atoms with Crippen LogP contribution in [0.4, 0.5) is 0 Å². The zero-order valence-electron chi connectivity index (χ0n) is 16.1. The molecular formula is C19H19Cl2N5O3. The minimum atomic E-state index is -0.475. The summed E-state index contributed by atoms with van der Waals surface area (Å²) < 4.78 is 6.10. The predicted molar refractivity (Wildman–Crippen MR) is 112 cm³/mol. The summed E-state index contributed by atoms with van der Waals surface area (Å²) in [6, 6.07) is 5.00. The van der Waals surface area contributed by atoms with E-state index < -0.39 is 11.2 Å². The SMILES string of the molecule is Cc1c(C)n2c3c(=O)n(Cc4ccc(Cl)c(Cl)c4)c(=O)n(C)c3nc2n1CCO. The average Bonchev–Trinajstić information content (AvgIpc) is 3.18. The number of halogens is 2. The highest BCUT2D eigenvalue weighted by Gasteiger charge is 2.22. The molecule has 8 nitrogen and oxygen atoms in total. The Morgan fingerprint density at radius 3 is 2.45 bits per heavy atom. The summed E-state index contributed by atoms with van der Waals surface area (Å²) in [6.45, 7) is 4.13. The van der Waals surface area contributed by atoms with Gasteiger partial charge in [0.2, 0.25) is 5.78 Å². The molecule has 1 aromatic carbocycles. The van der Waals surface area contributed by atoms with Crippen LogP contribution in [0.1, 0.15) is 17.0 Å². The van der Waals surface area contributed by atoms with E-state index in [1.807, 2.05) is 18.4 Å². The molecule has 0 aliphatic rings. The van der Waals surface area contributed by atoms with Gasteiger partial charge in [-0.05, 0) is 31.5 Å². The minimum Gasteiger partial charge on any atom is -0.395 e. The lowest BCUT2D eigenvalue weighted by Crippen LogP contribution is -2.39. The molecule has 4 aromatic rings. The third-order valence-electron chi connectivity index (χ3n) is 5.28. The van der Waals surface area contributed by atoms with Crippen LogP contribution in [0.15, 0.2) is 27.8 Å². The second-order valence-corrected chi connectivity index (χ2v) is 7.76. The van der Waals surface area contributed by atoms with Crippen molar-refractivity contribution in [3.05, 3.63) is 66.0 Å². The van der Waals surface area contributed by atoms with Gasteiger partial charge in [0.1, 0.15) is 0 Å². The third kappa shape index (κ3) is 2.90. The quantitative estimate of drug-likeness (QED) is 0.531. The number of fused-ring (bicyclic) bond motifs is 3. The van der Waals surface area contributed by atoms with Gasteiger partial charge in [0.05, 0.1) is 23.2 Å². The van der Waals surface area contributed by atoms with E-state index in [-0.39, 0.29) is 13.2 Å². The van der Waals surface area contributed by atoms with Crippen LogP contribution in [0.5, 0.6) is 0 Å². The summed E-state index contributed by atoms with van der Waals surface area (Å²) in [6.07, 6.45) is 0. The second-order valence-electron chi connectivity index (χ2n) is 6.95. The standard InChI is InChI=1S/C19H19Cl2N5O3/c1-10-11(2)26-15-16(22-18(26)24(10)6-7-27)23(3)19(29)25(17(15)28)9-12-4-5-13(20)14(21)8-12/h4-5,8,27H,6-7,9H2,1-3H3. The molecule has 4 rings (SSSR count). The van der Waals surface area contributed by atoms with Gasteiger partial charge in [-0.15, -0.1) is 0 Å². The Bertz CT molecular complexity index is 1390. The van der Waals surface area contributed by atoms with Gasteiger partial charge in [0.25, 0.3) is 5.56 Å². The third-order valence-corrected chi connectivity index (χ3v) is 6.02. The molecule has 0 radical (unpaired) electrons. The van der Waals surface area contributed by atoms with Gasteiger partial charge in [0.15, 0.2) is 11.2 Å². The number of aryl methyl sites for hydroxylation is 2. The maximum atomic E-state index is 13.3. The molecule has 0 aliphatic carbocycles. The monoisotopic (exact) mass is 435 g/mol. The summed E-state index contributed by atoms with van der Waals surface area (Å²) in [5, 5.41) is 10.2. The number of hydrogen-bond donors (Lipinski definition) is 1. The Morgan fingerprint density at radius 2 is 1.79 bits per heavy atom. The van der Waals surface area contributed by atoms with Gasteiger partial charge in [0, 0.05) is 25.0 Å². The van der Waals surface area contributed by atoms with Crippen molar-refractivity contribution in [1.29, 1.82) is 0 Å². The van der Waals surface area contributed by atoms with Gasteiger partial charge in [-0.2, -0.15) is 4.98 Å². The lowest BCUT2D eigenvalue weighted by atomic mass is 10.2. The number of benzene rings is 1. The summed E-state index contributed by atoms with van der Waals surface area (Å²) in [5.41, 5.74) is 2.11. The fourth-order valence-corrected chi connectivity index (χ4v) is 3.96. The molecule has 0 unspecified atom stereocenters. The number of aliphatic hydroxyl groups excluding tert-OH is 1. The lowest BCUT2D eigenvalue weighted by Gasteiger charge is -2.09. The van der Waals surface area contributed by atoms with E-state index >= 15 is 0 Å². The minimum absolute atomic E-state index is 0.0565. The van der Waals surface area contributed by atoms with Crippen molar-refractivity contribution >= 4 is 40.1 Å². The molecule has 0 amide bonds. The Kier molecular flexibility index (Phi) is 4.80. The number of hydrogen-bond acceptors (Lipinski definition) is 4. The molecule has 0 saturated heterocycles. The highest BCUT2D eigenvalue weighted by Crippen LogP contribution is 2.23. The summed E-state index contributed by atoms with van der Waals surface area (Å²) >= 11 is 12.0. The van der Waals surface area contributed by atoms with E-state index in [4.69, 9.17) is 23.2 Å². The number of imidazole rings is 2. The summed E-state index contributed by atoms with van der Waals surface area (Å²) in [7, 11) is 1.58. The molecule has 0 fully saturated rings. The van der Waals surface area contributed by atoms with Crippen molar-refractivity contribution < 1.29 is 5.11 Å². The van der Waals surface area contributed by atoms with Gasteiger partial charge >= 0.3 is 5.69 Å². The molecule has 3 aromatic heterocycles. The smallest absolute Gasteiger partial charge is 0.332 e. The van der Waals surface area contributed by atoms with Crippen LogP contribution in [0.3, 0.4) is 0 Å². The highest BCUT2D eigenvalue weighted by molar-refractivity contribution is 6.42. The molecule has 0 atom stereocenters. The normalized spacial score (nSPS) is 11.8. The first-order valence-corrected chi connectivity index (χ1v) is 9.74. The molecule has 152 valence electrons. The largest absolute Gasteiger partial charge is 0.395 e. The van der Waals surface area contributed by atoms with E-state index in [0.717, 1.165) is 16.0 Å². The van der Waals surface area contributed by atoms with Crippen LogP contribution in [0, 0.1) is 13.8 Å². The molecule has 3 heterocycles. The summed E-state index contributed by atoms with van der Waals surface area (Å²) in [4.78, 5) is 30.8. The molecular weight excluding hydrogens is 417 g/mol. The van der Waals surface area contributed by atoms with Crippen LogP contribution in [0.25, 0.3) is 16.9 Å². The van der Waals surface area contributed by atoms with Crippen LogP contribution >= 0.6 is 23.2 Å². The maximum Gasteiger partial charge on any atom is 0.332 e. The van der Waals surface area contributed by atoms with Crippen LogP contribution in [-0.4, -0.2) is 34.8 Å². The second kappa shape index (κ2) is 7.05. The fourth-order valence-electron chi connectivity index (χ4n) is 3.64. The Labute approximate surface area is 175 Å². The van der Waals surface area contributed by atoms with Crippen molar-refractivity contribution in [3.8, 4) is 0 Å². The van der Waals surface area contributed by atoms with Gasteiger partial charge in [-0.1, -0.05) is 29.3 Å². The highest BCUT2D eigenvalue weighted by atomic mass is 35.5. The number of aliphatic hydroxyl groups is 1. The van der Waals surface area contributed by atoms with E-state index in [0.29, 0.717) is 39.1 Å². The van der Waals surface area contributed by atoms with E-state index in [1.54, 1.807) is 29.6 Å². The van der Waals surface area contributed by atoms with Crippen molar-refractivity contribution in [2.24, 2.45) is 7.05 Å².